The van der Waals surface area contributed by atoms with Crippen LogP contribution in [0.5, 0.6) is 0 Å². The number of H-pyrrole nitrogens is 1. The van der Waals surface area contributed by atoms with E-state index in [1.54, 1.807) is 12.4 Å². The van der Waals surface area contributed by atoms with E-state index >= 15 is 0 Å². The lowest BCUT2D eigenvalue weighted by molar-refractivity contribution is 1.10. The Bertz CT molecular complexity index is 706. The molecule has 0 radical (unpaired) electrons. The summed E-state index contributed by atoms with van der Waals surface area (Å²) in [5, 5.41) is 7.69. The van der Waals surface area contributed by atoms with Gasteiger partial charge in [-0.05, 0) is 23.8 Å². The number of aromatic nitrogens is 3. The Kier molecular flexibility index (Phi) is 2.93. The van der Waals surface area contributed by atoms with Gasteiger partial charge in [-0.15, -0.1) is 0 Å². The zero-order valence-corrected chi connectivity index (χ0v) is 10.7. The zero-order chi connectivity index (χ0) is 13.2. The molecule has 0 saturated carbocycles. The molecule has 5 heteroatoms. The molecule has 19 heavy (non-hydrogen) atoms. The van der Waals surface area contributed by atoms with Crippen molar-refractivity contribution in [3.63, 3.8) is 0 Å². The summed E-state index contributed by atoms with van der Waals surface area (Å²) >= 11 is 6.23. The van der Waals surface area contributed by atoms with Crippen molar-refractivity contribution in [2.24, 2.45) is 0 Å². The quantitative estimate of drug-likeness (QED) is 0.750. The molecule has 0 aliphatic heterocycles. The van der Waals surface area contributed by atoms with Crippen molar-refractivity contribution in [2.45, 2.75) is 0 Å². The van der Waals surface area contributed by atoms with E-state index in [9.17, 15) is 0 Å². The largest absolute Gasteiger partial charge is 0.382 e. The molecule has 0 aliphatic carbocycles. The van der Waals surface area contributed by atoms with Crippen molar-refractivity contribution >= 4 is 17.4 Å². The fraction of sp³-hybridized carbons (Fsp3) is 0. The first kappa shape index (κ1) is 11.7. The molecule has 0 fully saturated rings. The highest BCUT2D eigenvalue weighted by Gasteiger charge is 2.16. The molecule has 3 rings (SSSR count). The van der Waals surface area contributed by atoms with Crippen LogP contribution in [0.25, 0.3) is 22.4 Å². The van der Waals surface area contributed by atoms with Crippen LogP contribution in [0, 0.1) is 0 Å². The van der Waals surface area contributed by atoms with Gasteiger partial charge in [-0.3, -0.25) is 10.1 Å². The predicted molar refractivity (Wildman–Crippen MR) is 76.7 cm³/mol. The van der Waals surface area contributed by atoms with Crippen LogP contribution in [-0.4, -0.2) is 15.2 Å². The molecule has 2 aromatic heterocycles. The zero-order valence-electron chi connectivity index (χ0n) is 9.97. The minimum Gasteiger partial charge on any atom is -0.382 e. The number of hydrogen-bond acceptors (Lipinski definition) is 3. The maximum Gasteiger partial charge on any atom is 0.153 e. The second-order valence-corrected chi connectivity index (χ2v) is 4.48. The van der Waals surface area contributed by atoms with E-state index in [0.717, 1.165) is 22.4 Å². The highest BCUT2D eigenvalue weighted by atomic mass is 35.5. The number of nitrogens with one attached hydrogen (secondary N) is 1. The standard InChI is InChI=1S/C14H11ClN4/c15-11-4-2-1-3-10(11)13-12(14(16)19-18-13)9-5-7-17-8-6-9/h1-8H,(H3,16,18,19). The molecule has 0 atom stereocenters. The average molecular weight is 271 g/mol. The number of pyridine rings is 1. The Morgan fingerprint density at radius 2 is 1.79 bits per heavy atom. The maximum absolute atomic E-state index is 6.23. The van der Waals surface area contributed by atoms with E-state index < -0.39 is 0 Å². The molecule has 2 heterocycles. The molecule has 0 bridgehead atoms. The van der Waals surface area contributed by atoms with Gasteiger partial charge in [0.15, 0.2) is 5.82 Å². The number of hydrogen-bond donors (Lipinski definition) is 2. The van der Waals surface area contributed by atoms with Crippen molar-refractivity contribution in [3.05, 3.63) is 53.8 Å². The summed E-state index contributed by atoms with van der Waals surface area (Å²) in [5.41, 5.74) is 9.44. The Hall–Kier alpha value is -2.33. The number of nitrogens with zero attached hydrogens (tertiary/aromatic N) is 2. The minimum atomic E-state index is 0.445. The number of rotatable bonds is 2. The normalized spacial score (nSPS) is 10.6. The number of nitrogens with two attached hydrogens (primary N) is 1. The SMILES string of the molecule is Nc1n[nH]c(-c2ccccc2Cl)c1-c1ccncc1. The first-order valence-corrected chi connectivity index (χ1v) is 6.14. The summed E-state index contributed by atoms with van der Waals surface area (Å²) in [6.45, 7) is 0. The molecule has 4 nitrogen and oxygen atoms in total. The topological polar surface area (TPSA) is 67.6 Å². The van der Waals surface area contributed by atoms with Crippen molar-refractivity contribution in [2.75, 3.05) is 5.73 Å². The monoisotopic (exact) mass is 270 g/mol. The van der Waals surface area contributed by atoms with Gasteiger partial charge in [0, 0.05) is 23.0 Å². The van der Waals surface area contributed by atoms with Gasteiger partial charge in [-0.2, -0.15) is 5.10 Å². The van der Waals surface area contributed by atoms with Crippen LogP contribution in [0.3, 0.4) is 0 Å². The Morgan fingerprint density at radius 1 is 1.05 bits per heavy atom. The highest BCUT2D eigenvalue weighted by molar-refractivity contribution is 6.33. The van der Waals surface area contributed by atoms with Crippen LogP contribution in [0.15, 0.2) is 48.8 Å². The van der Waals surface area contributed by atoms with Crippen LogP contribution >= 0.6 is 11.6 Å². The van der Waals surface area contributed by atoms with Gasteiger partial charge in [0.2, 0.25) is 0 Å². The van der Waals surface area contributed by atoms with Crippen molar-refractivity contribution < 1.29 is 0 Å². The van der Waals surface area contributed by atoms with E-state index in [4.69, 9.17) is 17.3 Å². The molecule has 1 aromatic carbocycles. The minimum absolute atomic E-state index is 0.445. The Labute approximate surface area is 115 Å². The van der Waals surface area contributed by atoms with Crippen LogP contribution in [0.4, 0.5) is 5.82 Å². The second kappa shape index (κ2) is 4.74. The van der Waals surface area contributed by atoms with Gasteiger partial charge in [-0.25, -0.2) is 0 Å². The summed E-state index contributed by atoms with van der Waals surface area (Å²) in [7, 11) is 0. The Morgan fingerprint density at radius 3 is 2.53 bits per heavy atom. The van der Waals surface area contributed by atoms with Crippen LogP contribution < -0.4 is 5.73 Å². The molecule has 0 aliphatic rings. The molecule has 0 amide bonds. The molecular formula is C14H11ClN4. The van der Waals surface area contributed by atoms with E-state index in [0.29, 0.717) is 10.8 Å². The van der Waals surface area contributed by atoms with Crippen molar-refractivity contribution in [1.82, 2.24) is 15.2 Å². The van der Waals surface area contributed by atoms with Crippen LogP contribution in [0.1, 0.15) is 0 Å². The summed E-state index contributed by atoms with van der Waals surface area (Å²) in [6, 6.07) is 11.4. The average Bonchev–Trinajstić information content (AvgIpc) is 2.82. The number of anilines is 1. The van der Waals surface area contributed by atoms with Gasteiger partial charge in [0.05, 0.1) is 11.3 Å². The summed E-state index contributed by atoms with van der Waals surface area (Å²) in [5.74, 6) is 0.445. The van der Waals surface area contributed by atoms with Crippen LogP contribution in [0.2, 0.25) is 5.02 Å². The third-order valence-electron chi connectivity index (χ3n) is 2.91. The molecular weight excluding hydrogens is 260 g/mol. The third kappa shape index (κ3) is 2.06. The number of halogens is 1. The van der Waals surface area contributed by atoms with Gasteiger partial charge >= 0.3 is 0 Å². The van der Waals surface area contributed by atoms with Crippen molar-refractivity contribution in [3.8, 4) is 22.4 Å². The lowest BCUT2D eigenvalue weighted by atomic mass is 10.0. The fourth-order valence-corrected chi connectivity index (χ4v) is 2.26. The number of aromatic amines is 1. The Balaban J connectivity index is 2.23. The van der Waals surface area contributed by atoms with Gasteiger partial charge < -0.3 is 5.73 Å². The van der Waals surface area contributed by atoms with Gasteiger partial charge in [0.1, 0.15) is 0 Å². The first-order valence-electron chi connectivity index (χ1n) is 5.76. The van der Waals surface area contributed by atoms with Crippen molar-refractivity contribution in [1.29, 1.82) is 0 Å². The predicted octanol–water partition coefficient (Wildman–Crippen LogP) is 3.37. The summed E-state index contributed by atoms with van der Waals surface area (Å²) in [6.07, 6.45) is 3.44. The molecule has 0 unspecified atom stereocenters. The van der Waals surface area contributed by atoms with Gasteiger partial charge in [-0.1, -0.05) is 29.8 Å². The summed E-state index contributed by atoms with van der Waals surface area (Å²) < 4.78 is 0. The maximum atomic E-state index is 6.23. The lowest BCUT2D eigenvalue weighted by Crippen LogP contribution is -1.89. The van der Waals surface area contributed by atoms with Gasteiger partial charge in [0.25, 0.3) is 0 Å². The smallest absolute Gasteiger partial charge is 0.153 e. The molecule has 3 aromatic rings. The second-order valence-electron chi connectivity index (χ2n) is 4.07. The molecule has 94 valence electrons. The number of benzene rings is 1. The highest BCUT2D eigenvalue weighted by Crippen LogP contribution is 2.37. The van der Waals surface area contributed by atoms with E-state index in [-0.39, 0.29) is 0 Å². The third-order valence-corrected chi connectivity index (χ3v) is 3.24. The van der Waals surface area contributed by atoms with E-state index in [1.807, 2.05) is 36.4 Å². The van der Waals surface area contributed by atoms with E-state index in [2.05, 4.69) is 15.2 Å². The van der Waals surface area contributed by atoms with E-state index in [1.165, 1.54) is 0 Å². The molecule has 3 N–H and O–H groups in total. The first-order chi connectivity index (χ1) is 9.27. The van der Waals surface area contributed by atoms with Crippen LogP contribution in [-0.2, 0) is 0 Å². The fourth-order valence-electron chi connectivity index (χ4n) is 2.03. The molecule has 0 saturated heterocycles. The summed E-state index contributed by atoms with van der Waals surface area (Å²) in [4.78, 5) is 4.01. The molecule has 0 spiro atoms. The number of nitrogen functional groups attached to an aromatic ring is 1. The lowest BCUT2D eigenvalue weighted by Gasteiger charge is -2.06.